The van der Waals surface area contributed by atoms with Crippen LogP contribution in [0.15, 0.2) is 29.2 Å². The molecule has 1 aromatic rings. The van der Waals surface area contributed by atoms with Crippen LogP contribution < -0.4 is 10.1 Å². The molecular weight excluding hydrogens is 244 g/mol. The second-order valence-corrected chi connectivity index (χ2v) is 5.61. The average molecular weight is 262 g/mol. The van der Waals surface area contributed by atoms with Gasteiger partial charge in [0, 0.05) is 16.7 Å². The molecule has 1 aromatic carbocycles. The minimum atomic E-state index is -0.00407. The van der Waals surface area contributed by atoms with Crippen molar-refractivity contribution >= 4 is 11.8 Å². The molecule has 0 aliphatic heterocycles. The molecule has 0 radical (unpaired) electrons. The summed E-state index contributed by atoms with van der Waals surface area (Å²) in [4.78, 5) is 1.19. The quantitative estimate of drug-likeness (QED) is 0.767. The number of nitrogens with zero attached hydrogens (tertiary/aromatic N) is 1. The predicted molar refractivity (Wildman–Crippen MR) is 73.9 cm³/mol. The summed E-state index contributed by atoms with van der Waals surface area (Å²) in [5, 5.41) is 12.4. The zero-order valence-electron chi connectivity index (χ0n) is 10.6. The molecule has 0 spiro atoms. The first kappa shape index (κ1) is 13.3. The SMILES string of the molecule is COc1cccc(SCCC(C#N)NC2CC2)c1. The highest BCUT2D eigenvalue weighted by Crippen LogP contribution is 2.24. The maximum Gasteiger partial charge on any atom is 0.119 e. The van der Waals surface area contributed by atoms with Crippen molar-refractivity contribution in [3.05, 3.63) is 24.3 Å². The second kappa shape index (κ2) is 6.67. The highest BCUT2D eigenvalue weighted by molar-refractivity contribution is 7.99. The number of benzene rings is 1. The van der Waals surface area contributed by atoms with Gasteiger partial charge in [-0.2, -0.15) is 5.26 Å². The third-order valence-corrected chi connectivity index (χ3v) is 3.91. The number of ether oxygens (including phenoxy) is 1. The van der Waals surface area contributed by atoms with Crippen molar-refractivity contribution in [1.29, 1.82) is 5.26 Å². The number of nitriles is 1. The molecule has 0 saturated heterocycles. The minimum Gasteiger partial charge on any atom is -0.497 e. The molecule has 0 amide bonds. The molecule has 0 bridgehead atoms. The summed E-state index contributed by atoms with van der Waals surface area (Å²) < 4.78 is 5.19. The molecule has 2 rings (SSSR count). The summed E-state index contributed by atoms with van der Waals surface area (Å²) in [6, 6.07) is 11.0. The Balaban J connectivity index is 1.74. The van der Waals surface area contributed by atoms with E-state index in [-0.39, 0.29) is 6.04 Å². The van der Waals surface area contributed by atoms with Gasteiger partial charge in [-0.05, 0) is 37.5 Å². The van der Waals surface area contributed by atoms with Crippen LogP contribution in [0.5, 0.6) is 5.75 Å². The summed E-state index contributed by atoms with van der Waals surface area (Å²) in [6.07, 6.45) is 3.33. The third kappa shape index (κ3) is 4.25. The first-order valence-corrected chi connectivity index (χ1v) is 7.23. The van der Waals surface area contributed by atoms with E-state index in [1.807, 2.05) is 18.2 Å². The molecule has 18 heavy (non-hydrogen) atoms. The number of rotatable bonds is 7. The van der Waals surface area contributed by atoms with Gasteiger partial charge in [0.1, 0.15) is 5.75 Å². The molecule has 1 N–H and O–H groups in total. The summed E-state index contributed by atoms with van der Waals surface area (Å²) in [7, 11) is 1.68. The van der Waals surface area contributed by atoms with Crippen molar-refractivity contribution < 1.29 is 4.74 Å². The molecule has 1 aliphatic rings. The van der Waals surface area contributed by atoms with E-state index in [1.165, 1.54) is 17.7 Å². The summed E-state index contributed by atoms with van der Waals surface area (Å²) in [5.41, 5.74) is 0. The molecule has 1 saturated carbocycles. The fourth-order valence-electron chi connectivity index (χ4n) is 1.71. The molecule has 1 unspecified atom stereocenters. The molecule has 96 valence electrons. The zero-order chi connectivity index (χ0) is 12.8. The van der Waals surface area contributed by atoms with Gasteiger partial charge in [0.05, 0.1) is 19.2 Å². The van der Waals surface area contributed by atoms with Gasteiger partial charge in [-0.25, -0.2) is 0 Å². The maximum absolute atomic E-state index is 9.04. The Bertz CT molecular complexity index is 426. The topological polar surface area (TPSA) is 45.0 Å². The smallest absolute Gasteiger partial charge is 0.119 e. The van der Waals surface area contributed by atoms with Crippen LogP contribution in [0.3, 0.4) is 0 Å². The number of hydrogen-bond acceptors (Lipinski definition) is 4. The van der Waals surface area contributed by atoms with Gasteiger partial charge >= 0.3 is 0 Å². The average Bonchev–Trinajstić information content (AvgIpc) is 3.22. The van der Waals surface area contributed by atoms with Gasteiger partial charge in [-0.1, -0.05) is 6.07 Å². The van der Waals surface area contributed by atoms with Crippen molar-refractivity contribution in [2.75, 3.05) is 12.9 Å². The Morgan fingerprint density at radius 2 is 2.39 bits per heavy atom. The van der Waals surface area contributed by atoms with Crippen LogP contribution in [-0.4, -0.2) is 24.9 Å². The van der Waals surface area contributed by atoms with Crippen LogP contribution in [-0.2, 0) is 0 Å². The summed E-state index contributed by atoms with van der Waals surface area (Å²) in [6.45, 7) is 0. The predicted octanol–water partition coefficient (Wildman–Crippen LogP) is 2.82. The van der Waals surface area contributed by atoms with Crippen LogP contribution in [0.1, 0.15) is 19.3 Å². The van der Waals surface area contributed by atoms with E-state index >= 15 is 0 Å². The number of nitrogens with one attached hydrogen (secondary N) is 1. The normalized spacial score (nSPS) is 16.0. The number of methoxy groups -OCH3 is 1. The molecule has 1 atom stereocenters. The van der Waals surface area contributed by atoms with Crippen molar-refractivity contribution in [3.63, 3.8) is 0 Å². The van der Waals surface area contributed by atoms with Crippen molar-refractivity contribution in [2.24, 2.45) is 0 Å². The fourth-order valence-corrected chi connectivity index (χ4v) is 2.67. The number of thioether (sulfide) groups is 1. The maximum atomic E-state index is 9.04. The van der Waals surface area contributed by atoms with Crippen molar-refractivity contribution in [3.8, 4) is 11.8 Å². The lowest BCUT2D eigenvalue weighted by Crippen LogP contribution is -2.29. The minimum absolute atomic E-state index is 0.00407. The monoisotopic (exact) mass is 262 g/mol. The fraction of sp³-hybridized carbons (Fsp3) is 0.500. The highest BCUT2D eigenvalue weighted by atomic mass is 32.2. The van der Waals surface area contributed by atoms with E-state index < -0.39 is 0 Å². The molecule has 1 fully saturated rings. The Kier molecular flexibility index (Phi) is 4.91. The van der Waals surface area contributed by atoms with Crippen LogP contribution in [0.25, 0.3) is 0 Å². The molecule has 4 heteroatoms. The lowest BCUT2D eigenvalue weighted by Gasteiger charge is -2.10. The summed E-state index contributed by atoms with van der Waals surface area (Å²) in [5.74, 6) is 1.83. The lowest BCUT2D eigenvalue weighted by atomic mass is 10.2. The Labute approximate surface area is 113 Å². The molecule has 0 aromatic heterocycles. The molecule has 3 nitrogen and oxygen atoms in total. The van der Waals surface area contributed by atoms with E-state index in [0.717, 1.165) is 17.9 Å². The third-order valence-electron chi connectivity index (χ3n) is 2.89. The highest BCUT2D eigenvalue weighted by Gasteiger charge is 2.24. The van der Waals surface area contributed by atoms with Gasteiger partial charge in [0.2, 0.25) is 0 Å². The molecule has 0 heterocycles. The van der Waals surface area contributed by atoms with Crippen LogP contribution in [0, 0.1) is 11.3 Å². The van der Waals surface area contributed by atoms with Gasteiger partial charge in [0.15, 0.2) is 0 Å². The molecule has 1 aliphatic carbocycles. The molecular formula is C14H18N2OS. The van der Waals surface area contributed by atoms with Crippen molar-refractivity contribution in [1.82, 2.24) is 5.32 Å². The summed E-state index contributed by atoms with van der Waals surface area (Å²) >= 11 is 1.77. The van der Waals surface area contributed by atoms with Crippen LogP contribution in [0.2, 0.25) is 0 Å². The number of hydrogen-bond donors (Lipinski definition) is 1. The first-order valence-electron chi connectivity index (χ1n) is 6.24. The van der Waals surface area contributed by atoms with Crippen LogP contribution >= 0.6 is 11.8 Å². The van der Waals surface area contributed by atoms with Gasteiger partial charge in [-0.3, -0.25) is 5.32 Å². The van der Waals surface area contributed by atoms with Crippen molar-refractivity contribution in [2.45, 2.75) is 36.2 Å². The Morgan fingerprint density at radius 1 is 1.56 bits per heavy atom. The first-order chi connectivity index (χ1) is 8.81. The standard InChI is InChI=1S/C14H18N2OS/c1-17-13-3-2-4-14(9-13)18-8-7-12(10-15)16-11-5-6-11/h2-4,9,11-12,16H,5-8H2,1H3. The van der Waals surface area contributed by atoms with E-state index in [0.29, 0.717) is 6.04 Å². The van der Waals surface area contributed by atoms with E-state index in [1.54, 1.807) is 18.9 Å². The largest absolute Gasteiger partial charge is 0.497 e. The Morgan fingerprint density at radius 3 is 3.06 bits per heavy atom. The van der Waals surface area contributed by atoms with E-state index in [9.17, 15) is 0 Å². The van der Waals surface area contributed by atoms with Gasteiger partial charge < -0.3 is 4.74 Å². The second-order valence-electron chi connectivity index (χ2n) is 4.44. The van der Waals surface area contributed by atoms with Gasteiger partial charge in [0.25, 0.3) is 0 Å². The van der Waals surface area contributed by atoms with E-state index in [2.05, 4.69) is 17.5 Å². The Hall–Kier alpha value is -1.18. The van der Waals surface area contributed by atoms with E-state index in [4.69, 9.17) is 10.00 Å². The lowest BCUT2D eigenvalue weighted by molar-refractivity contribution is 0.413. The van der Waals surface area contributed by atoms with Crippen LogP contribution in [0.4, 0.5) is 0 Å². The zero-order valence-corrected chi connectivity index (χ0v) is 11.4. The van der Waals surface area contributed by atoms with Gasteiger partial charge in [-0.15, -0.1) is 11.8 Å².